The van der Waals surface area contributed by atoms with Gasteiger partial charge in [0.15, 0.2) is 0 Å². The second-order valence-electron chi connectivity index (χ2n) is 3.44. The van der Waals surface area contributed by atoms with Gasteiger partial charge in [0.2, 0.25) is 0 Å². The molecule has 0 atom stereocenters. The van der Waals surface area contributed by atoms with Crippen LogP contribution in [0.25, 0.3) is 5.69 Å². The van der Waals surface area contributed by atoms with E-state index in [4.69, 9.17) is 5.73 Å². The molecule has 0 saturated heterocycles. The van der Waals surface area contributed by atoms with Gasteiger partial charge in [-0.2, -0.15) is 5.10 Å². The van der Waals surface area contributed by atoms with Crippen LogP contribution in [0.5, 0.6) is 0 Å². The van der Waals surface area contributed by atoms with Crippen LogP contribution in [0.3, 0.4) is 0 Å². The van der Waals surface area contributed by atoms with E-state index in [0.717, 1.165) is 4.47 Å². The summed E-state index contributed by atoms with van der Waals surface area (Å²) < 4.78 is 2.37. The van der Waals surface area contributed by atoms with Crippen molar-refractivity contribution in [2.24, 2.45) is 5.73 Å². The lowest BCUT2D eigenvalue weighted by molar-refractivity contribution is 0.0995. The average molecular weight is 296 g/mol. The van der Waals surface area contributed by atoms with Crippen molar-refractivity contribution in [1.29, 1.82) is 0 Å². The highest BCUT2D eigenvalue weighted by Crippen LogP contribution is 2.20. The molecule has 1 heterocycles. The molecular weight excluding hydrogens is 286 g/mol. The number of aromatic nitrogens is 2. The largest absolute Gasteiger partial charge is 0.392 e. The standard InChI is InChI=1S/C11H10BrN3O2/c12-8-2-1-7(6-16)10(5-8)15-4-3-9(14-15)11(13)17/h1-5,16H,6H2,(H2,13,17). The summed E-state index contributed by atoms with van der Waals surface area (Å²) in [7, 11) is 0. The third kappa shape index (κ3) is 2.37. The smallest absolute Gasteiger partial charge is 0.269 e. The van der Waals surface area contributed by atoms with Crippen LogP contribution in [-0.2, 0) is 6.61 Å². The van der Waals surface area contributed by atoms with Crippen molar-refractivity contribution in [3.8, 4) is 5.69 Å². The highest BCUT2D eigenvalue weighted by atomic mass is 79.9. The minimum atomic E-state index is -0.579. The molecule has 17 heavy (non-hydrogen) atoms. The summed E-state index contributed by atoms with van der Waals surface area (Å²) in [4.78, 5) is 11.0. The van der Waals surface area contributed by atoms with E-state index in [1.54, 1.807) is 12.3 Å². The Balaban J connectivity index is 2.51. The summed E-state index contributed by atoms with van der Waals surface area (Å²) in [6, 6.07) is 6.95. The van der Waals surface area contributed by atoms with Crippen molar-refractivity contribution in [3.05, 3.63) is 46.2 Å². The summed E-state index contributed by atoms with van der Waals surface area (Å²) >= 11 is 3.34. The predicted octanol–water partition coefficient (Wildman–Crippen LogP) is 1.23. The monoisotopic (exact) mass is 295 g/mol. The Labute approximate surface area is 106 Å². The van der Waals surface area contributed by atoms with Crippen molar-refractivity contribution in [3.63, 3.8) is 0 Å². The van der Waals surface area contributed by atoms with Crippen LogP contribution >= 0.6 is 15.9 Å². The van der Waals surface area contributed by atoms with Gasteiger partial charge >= 0.3 is 0 Å². The van der Waals surface area contributed by atoms with Crippen LogP contribution in [-0.4, -0.2) is 20.8 Å². The highest BCUT2D eigenvalue weighted by Gasteiger charge is 2.09. The summed E-state index contributed by atoms with van der Waals surface area (Å²) in [5, 5.41) is 13.3. The number of aliphatic hydroxyl groups excluding tert-OH is 1. The van der Waals surface area contributed by atoms with Gasteiger partial charge in [0.25, 0.3) is 5.91 Å². The van der Waals surface area contributed by atoms with E-state index in [1.165, 1.54) is 10.7 Å². The number of nitrogens with zero attached hydrogens (tertiary/aromatic N) is 2. The number of rotatable bonds is 3. The summed E-state index contributed by atoms with van der Waals surface area (Å²) in [6.45, 7) is -0.103. The number of nitrogens with two attached hydrogens (primary N) is 1. The maximum Gasteiger partial charge on any atom is 0.269 e. The number of halogens is 1. The van der Waals surface area contributed by atoms with E-state index in [9.17, 15) is 9.90 Å². The molecular formula is C11H10BrN3O2. The topological polar surface area (TPSA) is 81.1 Å². The molecule has 5 nitrogen and oxygen atoms in total. The Hall–Kier alpha value is -1.66. The third-order valence-corrected chi connectivity index (χ3v) is 2.80. The first-order valence-corrected chi connectivity index (χ1v) is 5.66. The van der Waals surface area contributed by atoms with Crippen LogP contribution in [0.15, 0.2) is 34.9 Å². The first-order chi connectivity index (χ1) is 8.11. The van der Waals surface area contributed by atoms with E-state index >= 15 is 0 Å². The van der Waals surface area contributed by atoms with E-state index in [0.29, 0.717) is 11.3 Å². The molecule has 2 aromatic rings. The molecule has 1 amide bonds. The van der Waals surface area contributed by atoms with Crippen LogP contribution in [0.2, 0.25) is 0 Å². The molecule has 0 bridgehead atoms. The van der Waals surface area contributed by atoms with Gasteiger partial charge in [0.1, 0.15) is 5.69 Å². The minimum absolute atomic E-state index is 0.103. The zero-order valence-electron chi connectivity index (χ0n) is 8.80. The molecule has 0 radical (unpaired) electrons. The van der Waals surface area contributed by atoms with Gasteiger partial charge < -0.3 is 10.8 Å². The molecule has 0 aliphatic carbocycles. The molecule has 0 aliphatic heterocycles. The van der Waals surface area contributed by atoms with Gasteiger partial charge in [0, 0.05) is 16.2 Å². The van der Waals surface area contributed by atoms with Gasteiger partial charge in [-0.1, -0.05) is 22.0 Å². The summed E-state index contributed by atoms with van der Waals surface area (Å²) in [5.74, 6) is -0.579. The molecule has 1 aromatic carbocycles. The fraction of sp³-hybridized carbons (Fsp3) is 0.0909. The molecule has 3 N–H and O–H groups in total. The first-order valence-electron chi connectivity index (χ1n) is 4.87. The predicted molar refractivity (Wildman–Crippen MR) is 65.7 cm³/mol. The quantitative estimate of drug-likeness (QED) is 0.893. The zero-order chi connectivity index (χ0) is 12.4. The molecule has 0 fully saturated rings. The molecule has 0 spiro atoms. The van der Waals surface area contributed by atoms with E-state index in [2.05, 4.69) is 21.0 Å². The minimum Gasteiger partial charge on any atom is -0.392 e. The number of hydrogen-bond acceptors (Lipinski definition) is 3. The van der Waals surface area contributed by atoms with Crippen molar-refractivity contribution in [2.75, 3.05) is 0 Å². The van der Waals surface area contributed by atoms with Gasteiger partial charge in [-0.05, 0) is 18.2 Å². The maximum absolute atomic E-state index is 11.0. The van der Waals surface area contributed by atoms with Gasteiger partial charge in [-0.25, -0.2) is 4.68 Å². The van der Waals surface area contributed by atoms with Crippen molar-refractivity contribution < 1.29 is 9.90 Å². The maximum atomic E-state index is 11.0. The highest BCUT2D eigenvalue weighted by molar-refractivity contribution is 9.10. The Kier molecular flexibility index (Phi) is 3.26. The van der Waals surface area contributed by atoms with E-state index in [1.807, 2.05) is 12.1 Å². The molecule has 0 unspecified atom stereocenters. The Morgan fingerprint density at radius 1 is 1.47 bits per heavy atom. The molecule has 0 saturated carbocycles. The van der Waals surface area contributed by atoms with Crippen molar-refractivity contribution >= 4 is 21.8 Å². The number of carbonyl (C=O) groups is 1. The number of carbonyl (C=O) groups excluding carboxylic acids is 1. The first kappa shape index (κ1) is 11.8. The van der Waals surface area contributed by atoms with Gasteiger partial charge in [0.05, 0.1) is 12.3 Å². The lowest BCUT2D eigenvalue weighted by Crippen LogP contribution is -2.12. The second kappa shape index (κ2) is 4.68. The fourth-order valence-electron chi connectivity index (χ4n) is 1.47. The summed E-state index contributed by atoms with van der Waals surface area (Å²) in [6.07, 6.45) is 1.63. The number of amides is 1. The van der Waals surface area contributed by atoms with Crippen LogP contribution in [0, 0.1) is 0 Å². The van der Waals surface area contributed by atoms with Gasteiger partial charge in [-0.15, -0.1) is 0 Å². The lowest BCUT2D eigenvalue weighted by Gasteiger charge is -2.07. The zero-order valence-corrected chi connectivity index (χ0v) is 10.4. The SMILES string of the molecule is NC(=O)c1ccn(-c2cc(Br)ccc2CO)n1. The molecule has 0 aliphatic rings. The van der Waals surface area contributed by atoms with Crippen molar-refractivity contribution in [2.45, 2.75) is 6.61 Å². The molecule has 88 valence electrons. The van der Waals surface area contributed by atoms with Crippen LogP contribution in [0.4, 0.5) is 0 Å². The molecule has 2 rings (SSSR count). The Morgan fingerprint density at radius 3 is 2.82 bits per heavy atom. The number of hydrogen-bond donors (Lipinski definition) is 2. The number of primary amides is 1. The Bertz CT molecular complexity index is 566. The Morgan fingerprint density at radius 2 is 2.24 bits per heavy atom. The molecule has 1 aromatic heterocycles. The van der Waals surface area contributed by atoms with Crippen molar-refractivity contribution in [1.82, 2.24) is 9.78 Å². The van der Waals surface area contributed by atoms with Crippen LogP contribution in [0.1, 0.15) is 16.1 Å². The number of benzene rings is 1. The average Bonchev–Trinajstić information content (AvgIpc) is 2.78. The lowest BCUT2D eigenvalue weighted by atomic mass is 10.2. The normalized spacial score (nSPS) is 10.5. The van der Waals surface area contributed by atoms with E-state index < -0.39 is 5.91 Å². The van der Waals surface area contributed by atoms with E-state index in [-0.39, 0.29) is 12.3 Å². The molecule has 6 heteroatoms. The second-order valence-corrected chi connectivity index (χ2v) is 4.36. The summed E-state index contributed by atoms with van der Waals surface area (Å²) in [5.41, 5.74) is 6.74. The third-order valence-electron chi connectivity index (χ3n) is 2.31. The van der Waals surface area contributed by atoms with Crippen LogP contribution < -0.4 is 5.73 Å². The fourth-order valence-corrected chi connectivity index (χ4v) is 1.82. The number of aliphatic hydroxyl groups is 1. The van der Waals surface area contributed by atoms with Gasteiger partial charge in [-0.3, -0.25) is 4.79 Å².